The third-order valence-corrected chi connectivity index (χ3v) is 8.17. The van der Waals surface area contributed by atoms with E-state index in [1.54, 1.807) is 0 Å². The first-order chi connectivity index (χ1) is 18.0. The van der Waals surface area contributed by atoms with Gasteiger partial charge in [0.2, 0.25) is 0 Å². The molecule has 0 N–H and O–H groups in total. The van der Waals surface area contributed by atoms with Crippen LogP contribution in [-0.2, 0) is 4.74 Å². The van der Waals surface area contributed by atoms with Crippen LogP contribution < -0.4 is 4.74 Å². The van der Waals surface area contributed by atoms with E-state index >= 15 is 0 Å². The Morgan fingerprint density at radius 1 is 0.838 bits per heavy atom. The number of rotatable bonds is 6. The van der Waals surface area contributed by atoms with Crippen molar-refractivity contribution in [3.63, 3.8) is 0 Å². The first-order valence-corrected chi connectivity index (χ1v) is 13.4. The Balaban J connectivity index is 1.14. The van der Waals surface area contributed by atoms with Crippen LogP contribution >= 0.6 is 0 Å². The molecule has 6 rings (SSSR count). The van der Waals surface area contributed by atoms with Crippen molar-refractivity contribution in [1.82, 2.24) is 4.90 Å². The van der Waals surface area contributed by atoms with E-state index in [0.717, 1.165) is 12.8 Å². The molecule has 190 valence electrons. The Bertz CT molecular complexity index is 1270. The van der Waals surface area contributed by atoms with Gasteiger partial charge in [0.1, 0.15) is 12.4 Å². The van der Waals surface area contributed by atoms with E-state index in [1.807, 2.05) is 55.1 Å². The number of benzene rings is 3. The Hall–Kier alpha value is -3.60. The first-order valence-electron chi connectivity index (χ1n) is 13.4. The van der Waals surface area contributed by atoms with Crippen molar-refractivity contribution < 1.29 is 19.1 Å². The number of hydrogen-bond acceptors (Lipinski definition) is 4. The van der Waals surface area contributed by atoms with E-state index in [4.69, 9.17) is 9.47 Å². The van der Waals surface area contributed by atoms with Crippen molar-refractivity contribution in [2.45, 2.75) is 63.6 Å². The molecule has 0 radical (unpaired) electrons. The molecule has 1 amide bonds. The summed E-state index contributed by atoms with van der Waals surface area (Å²) in [4.78, 5) is 28.8. The molecule has 2 bridgehead atoms. The predicted molar refractivity (Wildman–Crippen MR) is 143 cm³/mol. The van der Waals surface area contributed by atoms with Gasteiger partial charge in [-0.05, 0) is 73.9 Å². The minimum atomic E-state index is -0.246. The zero-order valence-electron chi connectivity index (χ0n) is 21.4. The van der Waals surface area contributed by atoms with Crippen molar-refractivity contribution in [3.8, 4) is 16.9 Å². The Morgan fingerprint density at radius 2 is 1.41 bits per heavy atom. The smallest absolute Gasteiger partial charge is 0.410 e. The van der Waals surface area contributed by atoms with E-state index in [2.05, 4.69) is 36.4 Å². The number of piperidine rings is 1. The van der Waals surface area contributed by atoms with Gasteiger partial charge in [0.05, 0.1) is 11.7 Å². The highest BCUT2D eigenvalue weighted by atomic mass is 16.6. The van der Waals surface area contributed by atoms with Crippen molar-refractivity contribution in [2.75, 3.05) is 6.61 Å². The van der Waals surface area contributed by atoms with Gasteiger partial charge in [-0.25, -0.2) is 4.79 Å². The van der Waals surface area contributed by atoms with Crippen LogP contribution in [0.1, 0.15) is 66.9 Å². The molecule has 37 heavy (non-hydrogen) atoms. The average molecular weight is 496 g/mol. The molecule has 2 saturated heterocycles. The zero-order chi connectivity index (χ0) is 25.5. The van der Waals surface area contributed by atoms with Gasteiger partial charge in [-0.2, -0.15) is 0 Å². The summed E-state index contributed by atoms with van der Waals surface area (Å²) in [6, 6.07) is 24.4. The number of hydrogen-bond donors (Lipinski definition) is 0. The van der Waals surface area contributed by atoms with Gasteiger partial charge in [0.15, 0.2) is 5.78 Å². The van der Waals surface area contributed by atoms with E-state index in [1.165, 1.54) is 22.3 Å². The molecule has 2 heterocycles. The second-order valence-corrected chi connectivity index (χ2v) is 10.8. The highest BCUT2D eigenvalue weighted by Crippen LogP contribution is 2.45. The molecule has 3 aromatic rings. The summed E-state index contributed by atoms with van der Waals surface area (Å²) in [5.74, 6) is 0.715. The second kappa shape index (κ2) is 9.70. The van der Waals surface area contributed by atoms with Crippen LogP contribution in [0.2, 0.25) is 0 Å². The monoisotopic (exact) mass is 495 g/mol. The molecular weight excluding hydrogens is 462 g/mol. The standard InChI is InChI=1S/C32H33NO4/c1-20(2)37-30-14-8-7-13-28(30)31(34)21-17-22-15-16-23(18-21)33(22)32(35)36-19-29-26-11-5-3-9-24(26)25-10-4-6-12-27(25)29/h3-14,20-23,29H,15-19H2,1-2H3. The summed E-state index contributed by atoms with van der Waals surface area (Å²) in [5, 5.41) is 0. The summed E-state index contributed by atoms with van der Waals surface area (Å²) in [5.41, 5.74) is 5.52. The maximum atomic E-state index is 13.5. The summed E-state index contributed by atoms with van der Waals surface area (Å²) in [6.07, 6.45) is 2.95. The third-order valence-electron chi connectivity index (χ3n) is 8.17. The number of Topliss-reactive ketones (excluding diaryl/α,β-unsaturated/α-hetero) is 1. The number of fused-ring (bicyclic) bond motifs is 5. The maximum absolute atomic E-state index is 13.5. The lowest BCUT2D eigenvalue weighted by Crippen LogP contribution is -2.48. The molecule has 2 fully saturated rings. The lowest BCUT2D eigenvalue weighted by molar-refractivity contribution is 0.0504. The first kappa shape index (κ1) is 23.8. The molecule has 0 saturated carbocycles. The molecule has 0 aromatic heterocycles. The number of carbonyl (C=O) groups excluding carboxylic acids is 2. The van der Waals surface area contributed by atoms with Gasteiger partial charge < -0.3 is 14.4 Å². The number of para-hydroxylation sites is 1. The summed E-state index contributed by atoms with van der Waals surface area (Å²) < 4.78 is 11.9. The normalized spacial score (nSPS) is 22.0. The molecule has 1 aliphatic carbocycles. The molecule has 3 aliphatic rings. The van der Waals surface area contributed by atoms with E-state index in [-0.39, 0.29) is 41.9 Å². The number of ether oxygens (including phenoxy) is 2. The SMILES string of the molecule is CC(C)Oc1ccccc1C(=O)C1CC2CCC(C1)N2C(=O)OCC1c2ccccc2-c2ccccc21. The van der Waals surface area contributed by atoms with Crippen LogP contribution in [0.15, 0.2) is 72.8 Å². The highest BCUT2D eigenvalue weighted by Gasteiger charge is 2.46. The third kappa shape index (κ3) is 4.30. The average Bonchev–Trinajstić information content (AvgIpc) is 3.37. The van der Waals surface area contributed by atoms with Gasteiger partial charge in [-0.15, -0.1) is 0 Å². The number of carbonyl (C=O) groups is 2. The lowest BCUT2D eigenvalue weighted by Gasteiger charge is -2.38. The van der Waals surface area contributed by atoms with Crippen LogP contribution in [0.3, 0.4) is 0 Å². The maximum Gasteiger partial charge on any atom is 0.410 e. The van der Waals surface area contributed by atoms with Gasteiger partial charge in [-0.3, -0.25) is 4.79 Å². The second-order valence-electron chi connectivity index (χ2n) is 10.8. The topological polar surface area (TPSA) is 55.8 Å². The lowest BCUT2D eigenvalue weighted by atomic mass is 9.84. The molecule has 5 heteroatoms. The highest BCUT2D eigenvalue weighted by molar-refractivity contribution is 6.00. The Labute approximate surface area is 218 Å². The Kier molecular flexibility index (Phi) is 6.23. The quantitative estimate of drug-likeness (QED) is 0.351. The summed E-state index contributed by atoms with van der Waals surface area (Å²) >= 11 is 0. The number of ketones is 1. The predicted octanol–water partition coefficient (Wildman–Crippen LogP) is 6.85. The fourth-order valence-electron chi connectivity index (χ4n) is 6.60. The Morgan fingerprint density at radius 3 is 2.03 bits per heavy atom. The van der Waals surface area contributed by atoms with Gasteiger partial charge in [-0.1, -0.05) is 60.7 Å². The van der Waals surface area contributed by atoms with Crippen molar-refractivity contribution in [2.24, 2.45) is 5.92 Å². The minimum absolute atomic E-state index is 0.000506. The molecule has 2 atom stereocenters. The fraction of sp³-hybridized carbons (Fsp3) is 0.375. The largest absolute Gasteiger partial charge is 0.490 e. The molecule has 2 unspecified atom stereocenters. The van der Waals surface area contributed by atoms with Gasteiger partial charge >= 0.3 is 6.09 Å². The minimum Gasteiger partial charge on any atom is -0.490 e. The fourth-order valence-corrected chi connectivity index (χ4v) is 6.60. The molecule has 2 aliphatic heterocycles. The zero-order valence-corrected chi connectivity index (χ0v) is 21.4. The molecule has 5 nitrogen and oxygen atoms in total. The van der Waals surface area contributed by atoms with Crippen molar-refractivity contribution in [3.05, 3.63) is 89.5 Å². The number of nitrogens with zero attached hydrogens (tertiary/aromatic N) is 1. The number of amides is 1. The molecular formula is C32H33NO4. The van der Waals surface area contributed by atoms with Gasteiger partial charge in [0, 0.05) is 23.9 Å². The van der Waals surface area contributed by atoms with Crippen molar-refractivity contribution in [1.29, 1.82) is 0 Å². The van der Waals surface area contributed by atoms with Crippen molar-refractivity contribution >= 4 is 11.9 Å². The van der Waals surface area contributed by atoms with E-state index in [0.29, 0.717) is 30.8 Å². The summed E-state index contributed by atoms with van der Waals surface area (Å²) in [6.45, 7) is 4.26. The van der Waals surface area contributed by atoms with E-state index < -0.39 is 0 Å². The van der Waals surface area contributed by atoms with Crippen LogP contribution in [0.25, 0.3) is 11.1 Å². The molecule has 0 spiro atoms. The van der Waals surface area contributed by atoms with Crippen LogP contribution in [-0.4, -0.2) is 41.6 Å². The van der Waals surface area contributed by atoms with Crippen LogP contribution in [0, 0.1) is 5.92 Å². The molecule has 3 aromatic carbocycles. The van der Waals surface area contributed by atoms with E-state index in [9.17, 15) is 9.59 Å². The van der Waals surface area contributed by atoms with Crippen LogP contribution in [0.4, 0.5) is 4.79 Å². The summed E-state index contributed by atoms with van der Waals surface area (Å²) in [7, 11) is 0. The van der Waals surface area contributed by atoms with Gasteiger partial charge in [0.25, 0.3) is 0 Å². The van der Waals surface area contributed by atoms with Crippen LogP contribution in [0.5, 0.6) is 5.75 Å².